The number of fused-ring (bicyclic) bond motifs is 1. The molecule has 3 aromatic rings. The smallest absolute Gasteiger partial charge is 0.409 e. The molecule has 1 saturated carbocycles. The van der Waals surface area contributed by atoms with E-state index in [0.29, 0.717) is 37.4 Å². The fourth-order valence-corrected chi connectivity index (χ4v) is 6.83. The molecule has 236 valence electrons. The first-order chi connectivity index (χ1) is 21.8. The molecule has 44 heavy (non-hydrogen) atoms. The van der Waals surface area contributed by atoms with Crippen LogP contribution in [0.4, 0.5) is 4.79 Å². The van der Waals surface area contributed by atoms with Crippen LogP contribution in [0.5, 0.6) is 5.75 Å². The zero-order chi connectivity index (χ0) is 31.8. The highest BCUT2D eigenvalue weighted by Crippen LogP contribution is 2.33. The number of thiophene rings is 1. The van der Waals surface area contributed by atoms with Gasteiger partial charge in [-0.1, -0.05) is 73.7 Å². The van der Waals surface area contributed by atoms with Crippen LogP contribution in [0, 0.1) is 0 Å². The number of piperazine rings is 1. The summed E-state index contributed by atoms with van der Waals surface area (Å²) in [6.07, 6.45) is 5.69. The van der Waals surface area contributed by atoms with Gasteiger partial charge in [0, 0.05) is 30.7 Å². The van der Waals surface area contributed by atoms with Gasteiger partial charge in [0.05, 0.1) is 24.2 Å². The summed E-state index contributed by atoms with van der Waals surface area (Å²) in [7, 11) is 0. The normalized spacial score (nSPS) is 19.3. The van der Waals surface area contributed by atoms with Crippen molar-refractivity contribution in [2.45, 2.75) is 76.0 Å². The van der Waals surface area contributed by atoms with Gasteiger partial charge in [0.15, 0.2) is 5.75 Å². The Morgan fingerprint density at radius 2 is 1.89 bits per heavy atom. The standard InChI is InChI=1S/C33H42ClN5O4S/c34-30-26-13-5-4-9-23(26)15-16-29(30)43-33(42)38-18-19-39(28(22-38)31(40)36-21-25-12-8-20-44-25)32(41)27(14-6-7-17-35)37-24-10-2-1-3-11-24/h4-5,8-9,12-13,15-16,20,24,27-28,37H,1-3,6-7,10-11,14,17-19,21-22,35H2,(H,36,40)/t27-,28-/m0/s1/i24D. The van der Waals surface area contributed by atoms with E-state index in [2.05, 4.69) is 10.6 Å². The predicted octanol–water partition coefficient (Wildman–Crippen LogP) is 5.30. The zero-order valence-corrected chi connectivity index (χ0v) is 26.5. The summed E-state index contributed by atoms with van der Waals surface area (Å²) in [6.45, 7) is 1.14. The van der Waals surface area contributed by atoms with Gasteiger partial charge in [-0.05, 0) is 55.1 Å². The summed E-state index contributed by atoms with van der Waals surface area (Å²) >= 11 is 8.12. The van der Waals surface area contributed by atoms with Gasteiger partial charge in [-0.25, -0.2) is 4.79 Å². The largest absolute Gasteiger partial charge is 0.415 e. The number of carbonyl (C=O) groups is 3. The molecule has 0 radical (unpaired) electrons. The number of halogens is 1. The topological polar surface area (TPSA) is 117 Å². The Kier molecular flexibility index (Phi) is 11.0. The molecule has 0 spiro atoms. The van der Waals surface area contributed by atoms with Crippen molar-refractivity contribution in [3.05, 3.63) is 63.8 Å². The number of nitrogens with zero attached hydrogens (tertiary/aromatic N) is 2. The lowest BCUT2D eigenvalue weighted by Gasteiger charge is -2.42. The van der Waals surface area contributed by atoms with Crippen molar-refractivity contribution >= 4 is 51.6 Å². The Balaban J connectivity index is 1.34. The number of carbonyl (C=O) groups excluding carboxylic acids is 3. The van der Waals surface area contributed by atoms with Gasteiger partial charge in [-0.2, -0.15) is 0 Å². The predicted molar refractivity (Wildman–Crippen MR) is 175 cm³/mol. The first-order valence-electron chi connectivity index (χ1n) is 16.0. The molecule has 1 aromatic heterocycles. The van der Waals surface area contributed by atoms with Crippen LogP contribution >= 0.6 is 22.9 Å². The Morgan fingerprint density at radius 3 is 2.66 bits per heavy atom. The minimum absolute atomic E-state index is 0.0341. The van der Waals surface area contributed by atoms with Gasteiger partial charge < -0.3 is 30.9 Å². The highest BCUT2D eigenvalue weighted by atomic mass is 35.5. The summed E-state index contributed by atoms with van der Waals surface area (Å²) in [5.41, 5.74) is 5.75. The van der Waals surface area contributed by atoms with Crippen LogP contribution in [0.25, 0.3) is 10.8 Å². The van der Waals surface area contributed by atoms with Crippen molar-refractivity contribution in [1.29, 1.82) is 0 Å². The number of nitrogens with one attached hydrogen (secondary N) is 2. The molecule has 1 aliphatic heterocycles. The van der Waals surface area contributed by atoms with Crippen LogP contribution in [0.1, 0.15) is 57.6 Å². The molecule has 2 atom stereocenters. The molecule has 2 fully saturated rings. The molecule has 11 heteroatoms. The van der Waals surface area contributed by atoms with Gasteiger partial charge in [-0.15, -0.1) is 11.3 Å². The molecule has 2 heterocycles. The molecule has 2 aromatic carbocycles. The van der Waals surface area contributed by atoms with Crippen molar-refractivity contribution in [2.24, 2.45) is 5.73 Å². The Hall–Kier alpha value is -3.18. The van der Waals surface area contributed by atoms with E-state index < -0.39 is 24.2 Å². The fraction of sp³-hybridized carbons (Fsp3) is 0.485. The number of amides is 3. The minimum atomic E-state index is -0.933. The monoisotopic (exact) mass is 640 g/mol. The van der Waals surface area contributed by atoms with Crippen LogP contribution < -0.4 is 21.1 Å². The molecule has 1 aliphatic carbocycles. The maximum Gasteiger partial charge on any atom is 0.415 e. The number of benzene rings is 2. The van der Waals surface area contributed by atoms with Crippen LogP contribution in [-0.4, -0.2) is 72.0 Å². The summed E-state index contributed by atoms with van der Waals surface area (Å²) in [6, 6.07) is 12.5. The van der Waals surface area contributed by atoms with Gasteiger partial charge in [0.25, 0.3) is 0 Å². The Morgan fingerprint density at radius 1 is 1.07 bits per heavy atom. The van der Waals surface area contributed by atoms with Gasteiger partial charge in [-0.3, -0.25) is 9.59 Å². The maximum atomic E-state index is 14.2. The van der Waals surface area contributed by atoms with Crippen LogP contribution in [0.15, 0.2) is 53.9 Å². The maximum absolute atomic E-state index is 14.2. The van der Waals surface area contributed by atoms with E-state index in [1.54, 1.807) is 11.0 Å². The lowest BCUT2D eigenvalue weighted by molar-refractivity contribution is -0.145. The van der Waals surface area contributed by atoms with Crippen molar-refractivity contribution in [1.82, 2.24) is 20.4 Å². The SMILES string of the molecule is [2H]C1(N[C@@H](CCCCN)C(=O)N2CCN(C(=O)Oc3ccc4ccccc4c3Cl)C[C@H]2C(=O)NCc2cccs2)CCCCC1. The number of rotatable bonds is 11. The van der Waals surface area contributed by atoms with E-state index in [9.17, 15) is 14.4 Å². The zero-order valence-electron chi connectivity index (χ0n) is 25.9. The van der Waals surface area contributed by atoms with E-state index in [1.807, 2.05) is 47.8 Å². The molecular weight excluding hydrogens is 598 g/mol. The van der Waals surface area contributed by atoms with E-state index in [1.165, 1.54) is 16.2 Å². The minimum Gasteiger partial charge on any atom is -0.409 e. The molecule has 5 rings (SSSR count). The average molecular weight is 641 g/mol. The summed E-state index contributed by atoms with van der Waals surface area (Å²) in [5, 5.41) is 10.3. The van der Waals surface area contributed by atoms with Crippen LogP contribution in [0.3, 0.4) is 0 Å². The van der Waals surface area contributed by atoms with Crippen molar-refractivity contribution in [3.63, 3.8) is 0 Å². The Bertz CT molecular complexity index is 1470. The van der Waals surface area contributed by atoms with Crippen LogP contribution in [0.2, 0.25) is 5.02 Å². The number of hydrogen-bond donors (Lipinski definition) is 3. The second-order valence-electron chi connectivity index (χ2n) is 11.4. The molecular formula is C33H42ClN5O4S. The highest BCUT2D eigenvalue weighted by Gasteiger charge is 2.40. The molecule has 0 bridgehead atoms. The van der Waals surface area contributed by atoms with Gasteiger partial charge in [0.2, 0.25) is 11.8 Å². The number of ether oxygens (including phenoxy) is 1. The number of nitrogens with two attached hydrogens (primary N) is 1. The summed E-state index contributed by atoms with van der Waals surface area (Å²) in [4.78, 5) is 45.3. The van der Waals surface area contributed by atoms with E-state index in [4.69, 9.17) is 23.4 Å². The van der Waals surface area contributed by atoms with Crippen molar-refractivity contribution in [3.8, 4) is 5.75 Å². The van der Waals surface area contributed by atoms with E-state index in [-0.39, 0.29) is 37.2 Å². The third-order valence-corrected chi connectivity index (χ3v) is 9.61. The van der Waals surface area contributed by atoms with Gasteiger partial charge >= 0.3 is 6.09 Å². The van der Waals surface area contributed by atoms with Crippen molar-refractivity contribution in [2.75, 3.05) is 26.2 Å². The molecule has 0 unspecified atom stereocenters. The van der Waals surface area contributed by atoms with Gasteiger partial charge in [0.1, 0.15) is 6.04 Å². The summed E-state index contributed by atoms with van der Waals surface area (Å²) in [5.74, 6) is -0.349. The fourth-order valence-electron chi connectivity index (χ4n) is 5.91. The highest BCUT2D eigenvalue weighted by molar-refractivity contribution is 7.09. The molecule has 1 saturated heterocycles. The average Bonchev–Trinajstić information content (AvgIpc) is 3.58. The first kappa shape index (κ1) is 30.8. The molecule has 3 amide bonds. The molecule has 2 aliphatic rings. The lowest BCUT2D eigenvalue weighted by Crippen LogP contribution is -2.64. The molecule has 9 nitrogen and oxygen atoms in total. The number of hydrogen-bond acceptors (Lipinski definition) is 7. The first-order valence-corrected chi connectivity index (χ1v) is 16.8. The quantitative estimate of drug-likeness (QED) is 0.245. The second kappa shape index (κ2) is 15.7. The third kappa shape index (κ3) is 8.10. The lowest BCUT2D eigenvalue weighted by atomic mass is 9.94. The number of unbranched alkanes of at least 4 members (excludes halogenated alkanes) is 1. The third-order valence-electron chi connectivity index (χ3n) is 8.35. The van der Waals surface area contributed by atoms with E-state index in [0.717, 1.165) is 47.8 Å². The Labute approximate surface area is 269 Å². The van der Waals surface area contributed by atoms with Crippen LogP contribution in [-0.2, 0) is 16.1 Å². The second-order valence-corrected chi connectivity index (χ2v) is 12.8. The van der Waals surface area contributed by atoms with E-state index >= 15 is 0 Å². The van der Waals surface area contributed by atoms with Crippen molar-refractivity contribution < 1.29 is 20.5 Å². The summed E-state index contributed by atoms with van der Waals surface area (Å²) < 4.78 is 14.8. The molecule has 4 N–H and O–H groups in total.